The van der Waals surface area contributed by atoms with Gasteiger partial charge in [0.1, 0.15) is 22.3 Å². The van der Waals surface area contributed by atoms with Crippen LogP contribution in [0.15, 0.2) is 245 Å². The monoisotopic (exact) mass is 829 g/mol. The third kappa shape index (κ3) is 6.20. The summed E-state index contributed by atoms with van der Waals surface area (Å²) < 4.78 is 13.0. The maximum atomic E-state index is 6.50. The van der Waals surface area contributed by atoms with Gasteiger partial charge in [0.15, 0.2) is 0 Å². The van der Waals surface area contributed by atoms with E-state index in [2.05, 4.69) is 217 Å². The maximum absolute atomic E-state index is 6.50. The minimum absolute atomic E-state index is 0.894. The summed E-state index contributed by atoms with van der Waals surface area (Å²) in [6.07, 6.45) is 0. The van der Waals surface area contributed by atoms with Crippen molar-refractivity contribution in [2.45, 2.75) is 0 Å². The molecule has 2 aromatic heterocycles. The van der Waals surface area contributed by atoms with Crippen LogP contribution in [-0.4, -0.2) is 0 Å². The van der Waals surface area contributed by atoms with Gasteiger partial charge in [-0.1, -0.05) is 182 Å². The molecule has 0 unspecified atom stereocenters. The van der Waals surface area contributed by atoms with E-state index in [0.717, 1.165) is 94.3 Å². The Balaban J connectivity index is 1.01. The average molecular weight is 830 g/mol. The number of benzene rings is 11. The Morgan fingerprint density at radius 1 is 0.246 bits per heavy atom. The summed E-state index contributed by atoms with van der Waals surface area (Å²) in [7, 11) is 0. The van der Waals surface area contributed by atoms with Gasteiger partial charge in [-0.25, -0.2) is 0 Å². The van der Waals surface area contributed by atoms with Gasteiger partial charge in [0, 0.05) is 49.7 Å². The number of fused-ring (bicyclic) bond motifs is 8. The predicted molar refractivity (Wildman–Crippen MR) is 272 cm³/mol. The van der Waals surface area contributed by atoms with Crippen molar-refractivity contribution >= 4 is 82.5 Å². The van der Waals surface area contributed by atoms with Gasteiger partial charge in [-0.15, -0.1) is 0 Å². The van der Waals surface area contributed by atoms with Crippen molar-refractivity contribution in [3.05, 3.63) is 237 Å². The minimum Gasteiger partial charge on any atom is -0.455 e. The fourth-order valence-electron chi connectivity index (χ4n) is 9.98. The van der Waals surface area contributed by atoms with Crippen molar-refractivity contribution in [1.29, 1.82) is 0 Å². The van der Waals surface area contributed by atoms with E-state index in [0.29, 0.717) is 0 Å². The zero-order chi connectivity index (χ0) is 42.8. The molecular formula is C62H39NO2. The van der Waals surface area contributed by atoms with Crippen LogP contribution < -0.4 is 4.90 Å². The first-order chi connectivity index (χ1) is 32.2. The van der Waals surface area contributed by atoms with Crippen molar-refractivity contribution < 1.29 is 8.83 Å². The molecule has 11 aromatic carbocycles. The van der Waals surface area contributed by atoms with Crippen molar-refractivity contribution in [2.75, 3.05) is 4.90 Å². The van der Waals surface area contributed by atoms with Gasteiger partial charge in [0.2, 0.25) is 0 Å². The highest BCUT2D eigenvalue weighted by Gasteiger charge is 2.20. The summed E-state index contributed by atoms with van der Waals surface area (Å²) in [6, 6.07) is 84.9. The first-order valence-electron chi connectivity index (χ1n) is 22.1. The summed E-state index contributed by atoms with van der Waals surface area (Å²) in [5, 5.41) is 9.35. The molecule has 0 fully saturated rings. The lowest BCUT2D eigenvalue weighted by molar-refractivity contribution is 0.669. The van der Waals surface area contributed by atoms with Crippen LogP contribution in [0.3, 0.4) is 0 Å². The summed E-state index contributed by atoms with van der Waals surface area (Å²) in [6.45, 7) is 0. The number of hydrogen-bond acceptors (Lipinski definition) is 3. The molecule has 0 saturated carbocycles. The zero-order valence-electron chi connectivity index (χ0n) is 35.3. The van der Waals surface area contributed by atoms with E-state index < -0.39 is 0 Å². The highest BCUT2D eigenvalue weighted by atomic mass is 16.3. The van der Waals surface area contributed by atoms with E-state index in [1.54, 1.807) is 0 Å². The Morgan fingerprint density at radius 2 is 0.615 bits per heavy atom. The van der Waals surface area contributed by atoms with Gasteiger partial charge in [-0.3, -0.25) is 0 Å². The van der Waals surface area contributed by atoms with E-state index in [1.165, 1.54) is 32.7 Å². The van der Waals surface area contributed by atoms with Gasteiger partial charge in [0.05, 0.1) is 0 Å². The number of furan rings is 2. The molecule has 304 valence electrons. The molecule has 13 aromatic rings. The second-order valence-electron chi connectivity index (χ2n) is 16.8. The van der Waals surface area contributed by atoms with Crippen LogP contribution >= 0.6 is 0 Å². The Labute approximate surface area is 375 Å². The Hall–Kier alpha value is -8.66. The molecule has 0 bridgehead atoms. The quantitative estimate of drug-likeness (QED) is 0.160. The molecule has 0 amide bonds. The van der Waals surface area contributed by atoms with Crippen molar-refractivity contribution in [2.24, 2.45) is 0 Å². The van der Waals surface area contributed by atoms with Crippen LogP contribution in [0.25, 0.3) is 110 Å². The topological polar surface area (TPSA) is 29.5 Å². The number of rotatable bonds is 7. The smallest absolute Gasteiger partial charge is 0.143 e. The molecular weight excluding hydrogens is 791 g/mol. The molecule has 0 aliphatic rings. The first kappa shape index (κ1) is 36.9. The highest BCUT2D eigenvalue weighted by Crippen LogP contribution is 2.44. The molecule has 2 heterocycles. The standard InChI is InChI=1S/C62H39NO2/c1-3-17-49-40(13-1)15-9-21-51(49)44-37-45(52-22-10-16-41-14-2-4-18-50(41)52)39-48(38-44)63(46-33-29-42(30-34-46)53-23-11-25-57-55-19-5-7-27-59(55)64-61(53)57)47-35-31-43(32-36-47)54-24-12-26-58-56-20-6-8-28-60(56)65-62(54)58/h1-39H. The van der Waals surface area contributed by atoms with Gasteiger partial charge >= 0.3 is 0 Å². The van der Waals surface area contributed by atoms with Crippen LogP contribution in [-0.2, 0) is 0 Å². The van der Waals surface area contributed by atoms with Crippen molar-refractivity contribution in [3.63, 3.8) is 0 Å². The van der Waals surface area contributed by atoms with E-state index in [4.69, 9.17) is 8.83 Å². The van der Waals surface area contributed by atoms with Crippen LogP contribution in [0.5, 0.6) is 0 Å². The van der Waals surface area contributed by atoms with E-state index in [1.807, 2.05) is 24.3 Å². The summed E-state index contributed by atoms with van der Waals surface area (Å²) in [5.41, 5.74) is 15.7. The fourth-order valence-corrected chi connectivity index (χ4v) is 9.98. The van der Waals surface area contributed by atoms with Crippen molar-refractivity contribution in [3.8, 4) is 44.5 Å². The zero-order valence-corrected chi connectivity index (χ0v) is 35.3. The highest BCUT2D eigenvalue weighted by molar-refractivity contribution is 6.11. The second kappa shape index (κ2) is 15.0. The van der Waals surface area contributed by atoms with Gasteiger partial charge < -0.3 is 13.7 Å². The lowest BCUT2D eigenvalue weighted by Gasteiger charge is -2.27. The molecule has 3 nitrogen and oxygen atoms in total. The van der Waals surface area contributed by atoms with Gasteiger partial charge in [-0.2, -0.15) is 0 Å². The molecule has 65 heavy (non-hydrogen) atoms. The van der Waals surface area contributed by atoms with Crippen LogP contribution in [0.1, 0.15) is 0 Å². The van der Waals surface area contributed by atoms with E-state index in [-0.39, 0.29) is 0 Å². The van der Waals surface area contributed by atoms with Crippen LogP contribution in [0.2, 0.25) is 0 Å². The molecule has 0 spiro atoms. The van der Waals surface area contributed by atoms with Crippen LogP contribution in [0.4, 0.5) is 17.1 Å². The molecule has 0 radical (unpaired) electrons. The molecule has 0 atom stereocenters. The number of nitrogens with zero attached hydrogens (tertiary/aromatic N) is 1. The van der Waals surface area contributed by atoms with Crippen LogP contribution in [0, 0.1) is 0 Å². The maximum Gasteiger partial charge on any atom is 0.143 e. The van der Waals surface area contributed by atoms with Crippen molar-refractivity contribution in [1.82, 2.24) is 0 Å². The lowest BCUT2D eigenvalue weighted by atomic mass is 9.92. The van der Waals surface area contributed by atoms with Gasteiger partial charge in [0.25, 0.3) is 0 Å². The Morgan fingerprint density at radius 3 is 1.09 bits per heavy atom. The largest absolute Gasteiger partial charge is 0.455 e. The molecule has 0 aliphatic heterocycles. The number of anilines is 3. The lowest BCUT2D eigenvalue weighted by Crippen LogP contribution is -2.10. The Bertz CT molecular complexity index is 3680. The molecule has 3 heteroatoms. The SMILES string of the molecule is c1ccc2c(-c3cc(-c4cccc5ccccc45)cc(N(c4ccc(-c5cccc6c5oc5ccccc56)cc4)c4ccc(-c5cccc6c5oc5ccccc56)cc4)c3)cccc2c1. The summed E-state index contributed by atoms with van der Waals surface area (Å²) in [4.78, 5) is 2.39. The minimum atomic E-state index is 0.894. The number of hydrogen-bond donors (Lipinski definition) is 0. The molecule has 0 N–H and O–H groups in total. The molecule has 0 aliphatic carbocycles. The predicted octanol–water partition coefficient (Wildman–Crippen LogP) is 17.9. The number of para-hydroxylation sites is 4. The molecule has 0 saturated heterocycles. The Kier molecular flexibility index (Phi) is 8.53. The normalized spacial score (nSPS) is 11.7. The third-order valence-electron chi connectivity index (χ3n) is 13.1. The van der Waals surface area contributed by atoms with E-state index >= 15 is 0 Å². The first-order valence-corrected chi connectivity index (χ1v) is 22.1. The fraction of sp³-hybridized carbons (Fsp3) is 0. The van der Waals surface area contributed by atoms with Gasteiger partial charge in [-0.05, 0) is 110 Å². The molecule has 13 rings (SSSR count). The second-order valence-corrected chi connectivity index (χ2v) is 16.8. The summed E-state index contributed by atoms with van der Waals surface area (Å²) >= 11 is 0. The average Bonchev–Trinajstić information content (AvgIpc) is 3.95. The third-order valence-corrected chi connectivity index (χ3v) is 13.1. The van der Waals surface area contributed by atoms with E-state index in [9.17, 15) is 0 Å². The summed E-state index contributed by atoms with van der Waals surface area (Å²) in [5.74, 6) is 0.